The first-order valence-electron chi connectivity index (χ1n) is 6.78. The van der Waals surface area contributed by atoms with Crippen molar-refractivity contribution in [3.05, 3.63) is 17.5 Å². The molecule has 0 bridgehead atoms. The van der Waals surface area contributed by atoms with Crippen LogP contribution in [0.5, 0.6) is 0 Å². The third kappa shape index (κ3) is 2.97. The van der Waals surface area contributed by atoms with Crippen molar-refractivity contribution in [3.8, 4) is 0 Å². The molecule has 1 unspecified atom stereocenters. The average Bonchev–Trinajstić information content (AvgIpc) is 2.64. The third-order valence-electron chi connectivity index (χ3n) is 3.29. The summed E-state index contributed by atoms with van der Waals surface area (Å²) in [6, 6.07) is 0.100. The number of likely N-dealkylation sites (N-methyl/N-ethyl adjacent to an activating group) is 1. The van der Waals surface area contributed by atoms with Crippen molar-refractivity contribution in [3.63, 3.8) is 0 Å². The highest BCUT2D eigenvalue weighted by Crippen LogP contribution is 2.29. The number of pyridine rings is 1. The lowest BCUT2D eigenvalue weighted by Gasteiger charge is -2.21. The number of carbonyl (C=O) groups is 1. The summed E-state index contributed by atoms with van der Waals surface area (Å²) in [5.41, 5.74) is 2.20. The summed E-state index contributed by atoms with van der Waals surface area (Å²) in [6.45, 7) is 4.67. The summed E-state index contributed by atoms with van der Waals surface area (Å²) in [5.74, 6) is -0.993. The van der Waals surface area contributed by atoms with Gasteiger partial charge in [-0.05, 0) is 27.9 Å². The Hall–Kier alpha value is -2.15. The first-order chi connectivity index (χ1) is 9.81. The lowest BCUT2D eigenvalue weighted by molar-refractivity contribution is 0.0697. The van der Waals surface area contributed by atoms with Crippen LogP contribution in [0.4, 0.5) is 5.69 Å². The number of aryl methyl sites for hydroxylation is 2. The van der Waals surface area contributed by atoms with E-state index in [0.717, 1.165) is 17.6 Å². The first-order valence-corrected chi connectivity index (χ1v) is 6.78. The zero-order valence-electron chi connectivity index (χ0n) is 13.0. The summed E-state index contributed by atoms with van der Waals surface area (Å²) in [6.07, 6.45) is 1.39. The van der Waals surface area contributed by atoms with Gasteiger partial charge in [0.1, 0.15) is 5.56 Å². The quantitative estimate of drug-likeness (QED) is 0.865. The molecule has 2 N–H and O–H groups in total. The van der Waals surface area contributed by atoms with E-state index in [2.05, 4.69) is 15.4 Å². The van der Waals surface area contributed by atoms with Crippen molar-refractivity contribution in [2.45, 2.75) is 19.9 Å². The highest BCUT2D eigenvalue weighted by Gasteiger charge is 2.20. The molecule has 7 nitrogen and oxygen atoms in total. The van der Waals surface area contributed by atoms with E-state index in [0.29, 0.717) is 11.3 Å². The van der Waals surface area contributed by atoms with Crippen molar-refractivity contribution >= 4 is 22.7 Å². The van der Waals surface area contributed by atoms with E-state index in [4.69, 9.17) is 0 Å². The molecule has 0 aromatic carbocycles. The number of carboxylic acid groups (broad SMARTS) is 1. The van der Waals surface area contributed by atoms with Gasteiger partial charge in [0.05, 0.1) is 16.8 Å². The Bertz CT molecular complexity index is 678. The van der Waals surface area contributed by atoms with Crippen LogP contribution in [-0.2, 0) is 7.05 Å². The minimum Gasteiger partial charge on any atom is -0.478 e. The summed E-state index contributed by atoms with van der Waals surface area (Å²) in [7, 11) is 5.76. The molecule has 0 saturated carbocycles. The van der Waals surface area contributed by atoms with Crippen LogP contribution in [0, 0.1) is 6.92 Å². The van der Waals surface area contributed by atoms with Crippen LogP contribution in [0.3, 0.4) is 0 Å². The van der Waals surface area contributed by atoms with Gasteiger partial charge in [0.2, 0.25) is 0 Å². The summed E-state index contributed by atoms with van der Waals surface area (Å²) in [4.78, 5) is 17.7. The molecule has 0 aliphatic heterocycles. The summed E-state index contributed by atoms with van der Waals surface area (Å²) >= 11 is 0. The lowest BCUT2D eigenvalue weighted by atomic mass is 10.1. The maximum absolute atomic E-state index is 11.5. The highest BCUT2D eigenvalue weighted by atomic mass is 16.4. The van der Waals surface area contributed by atoms with E-state index >= 15 is 0 Å². The molecule has 21 heavy (non-hydrogen) atoms. The second-order valence-electron chi connectivity index (χ2n) is 5.57. The maximum atomic E-state index is 11.5. The predicted octanol–water partition coefficient (Wildman–Crippen LogP) is 1.34. The highest BCUT2D eigenvalue weighted by molar-refractivity contribution is 6.04. The molecule has 2 aromatic heterocycles. The molecule has 0 amide bonds. The topological polar surface area (TPSA) is 83.3 Å². The predicted molar refractivity (Wildman–Crippen MR) is 81.8 cm³/mol. The number of aromatic nitrogens is 3. The van der Waals surface area contributed by atoms with Gasteiger partial charge in [-0.2, -0.15) is 5.10 Å². The monoisotopic (exact) mass is 291 g/mol. The van der Waals surface area contributed by atoms with Crippen molar-refractivity contribution < 1.29 is 9.90 Å². The van der Waals surface area contributed by atoms with Crippen molar-refractivity contribution in [1.82, 2.24) is 19.7 Å². The van der Waals surface area contributed by atoms with Crippen LogP contribution in [-0.4, -0.2) is 57.4 Å². The lowest BCUT2D eigenvalue weighted by Crippen LogP contribution is -2.30. The Labute approximate surface area is 123 Å². The maximum Gasteiger partial charge on any atom is 0.339 e. The molecular formula is C14H21N5O2. The molecule has 7 heteroatoms. The largest absolute Gasteiger partial charge is 0.478 e. The van der Waals surface area contributed by atoms with Crippen LogP contribution in [0.2, 0.25) is 0 Å². The zero-order valence-corrected chi connectivity index (χ0v) is 13.0. The molecule has 2 aromatic rings. The Morgan fingerprint density at radius 1 is 1.52 bits per heavy atom. The Kier molecular flexibility index (Phi) is 4.13. The van der Waals surface area contributed by atoms with E-state index in [1.807, 2.05) is 32.8 Å². The van der Waals surface area contributed by atoms with Crippen LogP contribution in [0.1, 0.15) is 23.0 Å². The average molecular weight is 291 g/mol. The van der Waals surface area contributed by atoms with Crippen molar-refractivity contribution in [2.75, 3.05) is 26.0 Å². The van der Waals surface area contributed by atoms with Gasteiger partial charge in [0.15, 0.2) is 5.65 Å². The number of carboxylic acids is 1. The zero-order chi connectivity index (χ0) is 15.7. The molecular weight excluding hydrogens is 270 g/mol. The molecule has 0 aliphatic rings. The normalized spacial score (nSPS) is 12.9. The van der Waals surface area contributed by atoms with Gasteiger partial charge in [-0.3, -0.25) is 4.68 Å². The molecule has 114 valence electrons. The van der Waals surface area contributed by atoms with Crippen molar-refractivity contribution in [1.29, 1.82) is 0 Å². The van der Waals surface area contributed by atoms with Gasteiger partial charge in [-0.1, -0.05) is 0 Å². The molecule has 0 radical (unpaired) electrons. The summed E-state index contributed by atoms with van der Waals surface area (Å²) in [5, 5.41) is 17.8. The number of fused-ring (bicyclic) bond motifs is 1. The van der Waals surface area contributed by atoms with Crippen molar-refractivity contribution in [2.24, 2.45) is 7.05 Å². The van der Waals surface area contributed by atoms with E-state index in [1.165, 1.54) is 6.20 Å². The molecule has 2 heterocycles. The van der Waals surface area contributed by atoms with Crippen LogP contribution >= 0.6 is 0 Å². The standard InChI is InChI=1S/C14H21N5O2/c1-8(7-18(3)4)16-12-10(14(20)21)6-15-13-11(12)9(2)17-19(13)5/h6,8H,7H2,1-5H3,(H,15,16)(H,20,21). The van der Waals surface area contributed by atoms with Gasteiger partial charge >= 0.3 is 5.97 Å². The number of anilines is 1. The molecule has 1 atom stereocenters. The molecule has 0 fully saturated rings. The van der Waals surface area contributed by atoms with Gasteiger partial charge in [0.25, 0.3) is 0 Å². The first kappa shape index (κ1) is 15.2. The number of nitrogens with one attached hydrogen (secondary N) is 1. The molecule has 0 aliphatic carbocycles. The van der Waals surface area contributed by atoms with Gasteiger partial charge in [-0.15, -0.1) is 0 Å². The number of hydrogen-bond donors (Lipinski definition) is 2. The fourth-order valence-electron chi connectivity index (χ4n) is 2.56. The van der Waals surface area contributed by atoms with E-state index in [-0.39, 0.29) is 11.6 Å². The fraction of sp³-hybridized carbons (Fsp3) is 0.500. The summed E-state index contributed by atoms with van der Waals surface area (Å²) < 4.78 is 1.66. The van der Waals surface area contributed by atoms with Crippen LogP contribution < -0.4 is 5.32 Å². The second-order valence-corrected chi connectivity index (χ2v) is 5.57. The van der Waals surface area contributed by atoms with Crippen LogP contribution in [0.15, 0.2) is 6.20 Å². The third-order valence-corrected chi connectivity index (χ3v) is 3.29. The SMILES string of the molecule is Cc1nn(C)c2ncc(C(=O)O)c(NC(C)CN(C)C)c12. The Morgan fingerprint density at radius 2 is 2.19 bits per heavy atom. The smallest absolute Gasteiger partial charge is 0.339 e. The molecule has 0 spiro atoms. The van der Waals surface area contributed by atoms with Gasteiger partial charge in [0, 0.05) is 25.8 Å². The molecule has 2 rings (SSSR count). The molecule has 0 saturated heterocycles. The van der Waals surface area contributed by atoms with E-state index in [9.17, 15) is 9.90 Å². The Balaban J connectivity index is 2.56. The number of nitrogens with zero attached hydrogens (tertiary/aromatic N) is 4. The Morgan fingerprint density at radius 3 is 2.76 bits per heavy atom. The second kappa shape index (κ2) is 5.69. The number of rotatable bonds is 5. The van der Waals surface area contributed by atoms with Crippen LogP contribution in [0.25, 0.3) is 11.0 Å². The fourth-order valence-corrected chi connectivity index (χ4v) is 2.56. The minimum atomic E-state index is -0.993. The van der Waals surface area contributed by atoms with Gasteiger partial charge < -0.3 is 15.3 Å². The number of aromatic carboxylic acids is 1. The number of hydrogen-bond acceptors (Lipinski definition) is 5. The van der Waals surface area contributed by atoms with Gasteiger partial charge in [-0.25, -0.2) is 9.78 Å². The van der Waals surface area contributed by atoms with E-state index in [1.54, 1.807) is 11.7 Å². The van der Waals surface area contributed by atoms with E-state index < -0.39 is 5.97 Å². The minimum absolute atomic E-state index is 0.100.